The number of aromatic nitrogens is 1. The largest absolute Gasteiger partial charge is 0.478 e. The number of carbonyl (C=O) groups excluding carboxylic acids is 1. The number of hydrogen-bond acceptors (Lipinski definition) is 6. The molecule has 198 valence electrons. The Morgan fingerprint density at radius 3 is 2.06 bits per heavy atom. The van der Waals surface area contributed by atoms with Gasteiger partial charge in [-0.05, 0) is 44.2 Å². The molecular weight excluding hydrogens is 516 g/mol. The van der Waals surface area contributed by atoms with Crippen molar-refractivity contribution >= 4 is 21.6 Å². The van der Waals surface area contributed by atoms with Gasteiger partial charge in [-0.15, -0.1) is 0 Å². The first-order valence-electron chi connectivity index (χ1n) is 10.6. The third-order valence-electron chi connectivity index (χ3n) is 5.62. The van der Waals surface area contributed by atoms with Crippen molar-refractivity contribution in [2.24, 2.45) is 0 Å². The van der Waals surface area contributed by atoms with Crippen LogP contribution < -0.4 is 9.64 Å². The van der Waals surface area contributed by atoms with Crippen LogP contribution in [0.2, 0.25) is 0 Å². The molecule has 1 amide bonds. The minimum Gasteiger partial charge on any atom is -0.478 e. The maximum Gasteiger partial charge on any atom is 0.427 e. The molecule has 1 aromatic carbocycles. The molecule has 1 saturated heterocycles. The Morgan fingerprint density at radius 1 is 0.972 bits per heavy atom. The van der Waals surface area contributed by atoms with E-state index in [-0.39, 0.29) is 42.5 Å². The van der Waals surface area contributed by atoms with E-state index in [1.807, 2.05) is 0 Å². The maximum absolute atomic E-state index is 13.4. The van der Waals surface area contributed by atoms with Crippen molar-refractivity contribution in [1.29, 1.82) is 0 Å². The molecular formula is C22H23F6N3O4S. The number of sulfone groups is 1. The van der Waals surface area contributed by atoms with Crippen molar-refractivity contribution in [3.05, 3.63) is 47.7 Å². The van der Waals surface area contributed by atoms with Crippen LogP contribution in [0.5, 0.6) is 5.75 Å². The first-order valence-corrected chi connectivity index (χ1v) is 12.5. The minimum absolute atomic E-state index is 0.0622. The number of ether oxygens (including phenoxy) is 1. The number of piperazine rings is 1. The van der Waals surface area contributed by atoms with Gasteiger partial charge < -0.3 is 14.5 Å². The molecule has 0 N–H and O–H groups in total. The average Bonchev–Trinajstić information content (AvgIpc) is 2.77. The minimum atomic E-state index is -4.77. The zero-order chi connectivity index (χ0) is 27.1. The van der Waals surface area contributed by atoms with Crippen molar-refractivity contribution in [1.82, 2.24) is 9.88 Å². The van der Waals surface area contributed by atoms with Gasteiger partial charge in [0.25, 0.3) is 5.91 Å². The quantitative estimate of drug-likeness (QED) is 0.531. The van der Waals surface area contributed by atoms with Crippen LogP contribution in [0.15, 0.2) is 41.4 Å². The van der Waals surface area contributed by atoms with Gasteiger partial charge in [0.05, 0.1) is 16.0 Å². The van der Waals surface area contributed by atoms with Gasteiger partial charge in [0.2, 0.25) is 0 Å². The van der Waals surface area contributed by atoms with Crippen LogP contribution in [0.3, 0.4) is 0 Å². The number of anilines is 1. The number of halogens is 6. The molecule has 3 rings (SSSR count). The summed E-state index contributed by atoms with van der Waals surface area (Å²) in [5, 5.41) is 0. The van der Waals surface area contributed by atoms with E-state index in [1.165, 1.54) is 11.0 Å². The van der Waals surface area contributed by atoms with E-state index < -0.39 is 45.0 Å². The zero-order valence-corrected chi connectivity index (χ0v) is 20.3. The van der Waals surface area contributed by atoms with E-state index >= 15 is 0 Å². The molecule has 0 saturated carbocycles. The fourth-order valence-corrected chi connectivity index (χ4v) is 4.03. The fraction of sp³-hybridized carbons (Fsp3) is 0.455. The second-order valence-corrected chi connectivity index (χ2v) is 10.7. The van der Waals surface area contributed by atoms with E-state index in [1.54, 1.807) is 4.90 Å². The highest BCUT2D eigenvalue weighted by Gasteiger charge is 2.50. The van der Waals surface area contributed by atoms with Gasteiger partial charge in [-0.1, -0.05) is 0 Å². The van der Waals surface area contributed by atoms with Gasteiger partial charge in [0, 0.05) is 38.6 Å². The molecule has 0 aliphatic carbocycles. The molecule has 0 bridgehead atoms. The lowest BCUT2D eigenvalue weighted by molar-refractivity contribution is -0.234. The number of amides is 1. The normalized spacial score (nSPS) is 15.7. The molecule has 1 fully saturated rings. The predicted molar refractivity (Wildman–Crippen MR) is 118 cm³/mol. The lowest BCUT2D eigenvalue weighted by Gasteiger charge is -2.36. The molecule has 0 atom stereocenters. The summed E-state index contributed by atoms with van der Waals surface area (Å²) in [5.74, 6) is -0.903. The molecule has 1 aromatic heterocycles. The van der Waals surface area contributed by atoms with Crippen molar-refractivity contribution in [3.63, 3.8) is 0 Å². The summed E-state index contributed by atoms with van der Waals surface area (Å²) in [4.78, 5) is 19.8. The van der Waals surface area contributed by atoms with E-state index in [4.69, 9.17) is 4.74 Å². The van der Waals surface area contributed by atoms with Crippen LogP contribution in [0, 0.1) is 0 Å². The van der Waals surface area contributed by atoms with Gasteiger partial charge >= 0.3 is 12.4 Å². The smallest absolute Gasteiger partial charge is 0.427 e. The van der Waals surface area contributed by atoms with E-state index in [2.05, 4.69) is 4.98 Å². The monoisotopic (exact) mass is 539 g/mol. The SMILES string of the molecule is CC(C)(Oc1ccc(S(C)(=O)=O)cc1C(=O)N1CCN(c2ccc(C(F)(F)F)cn2)CC1)C(F)(F)F. The van der Waals surface area contributed by atoms with Crippen molar-refractivity contribution < 1.29 is 44.3 Å². The number of benzene rings is 1. The van der Waals surface area contributed by atoms with Gasteiger partial charge in [0.1, 0.15) is 11.6 Å². The second kappa shape index (κ2) is 9.45. The van der Waals surface area contributed by atoms with Crippen LogP contribution in [0.1, 0.15) is 29.8 Å². The number of carbonyl (C=O) groups is 1. The first-order chi connectivity index (χ1) is 16.4. The van der Waals surface area contributed by atoms with E-state index in [9.17, 15) is 39.6 Å². The number of hydrogen-bond donors (Lipinski definition) is 0. The predicted octanol–water partition coefficient (Wildman–Crippen LogP) is 4.19. The Hall–Kier alpha value is -3.03. The Balaban J connectivity index is 1.83. The molecule has 0 spiro atoms. The molecule has 14 heteroatoms. The number of alkyl halides is 6. The maximum atomic E-state index is 13.4. The third-order valence-corrected chi connectivity index (χ3v) is 6.73. The standard InChI is InChI=1S/C22H23F6N3O4S/c1-20(2,22(26,27)28)35-17-6-5-15(36(3,33)34)12-16(17)19(32)31-10-8-30(9-11-31)18-7-4-14(13-29-18)21(23,24)25/h4-7,12-13H,8-11H2,1-3H3. The summed E-state index contributed by atoms with van der Waals surface area (Å²) < 4.78 is 108. The van der Waals surface area contributed by atoms with Crippen LogP contribution in [0.25, 0.3) is 0 Å². The van der Waals surface area contributed by atoms with Crippen molar-refractivity contribution in [2.45, 2.75) is 36.7 Å². The Bertz CT molecular complexity index is 1220. The Kier molecular flexibility index (Phi) is 7.23. The summed E-state index contributed by atoms with van der Waals surface area (Å²) in [6.45, 7) is 2.04. The summed E-state index contributed by atoms with van der Waals surface area (Å²) >= 11 is 0. The van der Waals surface area contributed by atoms with Crippen LogP contribution >= 0.6 is 0 Å². The average molecular weight is 539 g/mol. The van der Waals surface area contributed by atoms with Crippen molar-refractivity contribution in [2.75, 3.05) is 37.3 Å². The fourth-order valence-electron chi connectivity index (χ4n) is 3.38. The topological polar surface area (TPSA) is 79.8 Å². The molecule has 1 aliphatic rings. The van der Waals surface area contributed by atoms with Gasteiger partial charge in [-0.3, -0.25) is 4.79 Å². The van der Waals surface area contributed by atoms with Gasteiger partial charge in [0.15, 0.2) is 15.4 Å². The van der Waals surface area contributed by atoms with Crippen LogP contribution in [-0.2, 0) is 16.0 Å². The molecule has 7 nitrogen and oxygen atoms in total. The number of nitrogens with zero attached hydrogens (tertiary/aromatic N) is 3. The van der Waals surface area contributed by atoms with E-state index in [0.29, 0.717) is 6.20 Å². The number of pyridine rings is 1. The lowest BCUT2D eigenvalue weighted by Crippen LogP contribution is -2.49. The molecule has 0 unspecified atom stereocenters. The summed E-state index contributed by atoms with van der Waals surface area (Å²) in [5.41, 5.74) is -3.92. The Morgan fingerprint density at radius 2 is 1.58 bits per heavy atom. The van der Waals surface area contributed by atoms with Gasteiger partial charge in [-0.25, -0.2) is 13.4 Å². The van der Waals surface area contributed by atoms with E-state index in [0.717, 1.165) is 44.4 Å². The highest BCUT2D eigenvalue weighted by molar-refractivity contribution is 7.90. The molecule has 36 heavy (non-hydrogen) atoms. The third kappa shape index (κ3) is 6.02. The Labute approximate surface area is 203 Å². The molecule has 1 aliphatic heterocycles. The highest BCUT2D eigenvalue weighted by Crippen LogP contribution is 2.36. The lowest BCUT2D eigenvalue weighted by atomic mass is 10.1. The summed E-state index contributed by atoms with van der Waals surface area (Å²) in [6.07, 6.45) is -7.71. The number of rotatable bonds is 5. The van der Waals surface area contributed by atoms with Crippen LogP contribution in [0.4, 0.5) is 32.2 Å². The first kappa shape index (κ1) is 27.6. The van der Waals surface area contributed by atoms with Crippen molar-refractivity contribution in [3.8, 4) is 5.75 Å². The molecule has 2 heterocycles. The van der Waals surface area contributed by atoms with Gasteiger partial charge in [-0.2, -0.15) is 26.3 Å². The molecule has 2 aromatic rings. The molecule has 0 radical (unpaired) electrons. The second-order valence-electron chi connectivity index (χ2n) is 8.72. The highest BCUT2D eigenvalue weighted by atomic mass is 32.2. The summed E-state index contributed by atoms with van der Waals surface area (Å²) in [7, 11) is -3.78. The van der Waals surface area contributed by atoms with Crippen LogP contribution in [-0.4, -0.2) is 68.4 Å². The zero-order valence-electron chi connectivity index (χ0n) is 19.4. The summed E-state index contributed by atoms with van der Waals surface area (Å²) in [6, 6.07) is 5.15.